The fraction of sp³-hybridized carbons (Fsp3) is 0.250. The summed E-state index contributed by atoms with van der Waals surface area (Å²) in [7, 11) is -4.06. The molecule has 3 N–H and O–H groups in total. The number of alkyl halides is 6. The number of rotatable bonds is 5. The van der Waals surface area contributed by atoms with E-state index < -0.39 is 68.9 Å². The number of carbonyl (C=O) groups excluding carboxylic acids is 3. The summed E-state index contributed by atoms with van der Waals surface area (Å²) >= 11 is 0. The van der Waals surface area contributed by atoms with Gasteiger partial charge in [-0.15, -0.1) is 0 Å². The van der Waals surface area contributed by atoms with Crippen LogP contribution in [0.25, 0.3) is 0 Å². The maximum absolute atomic E-state index is 13.1. The maximum Gasteiger partial charge on any atom is 0.416 e. The highest BCUT2D eigenvalue weighted by molar-refractivity contribution is 7.89. The molecule has 1 heterocycles. The molecule has 1 fully saturated rings. The molecule has 15 heteroatoms. The predicted molar refractivity (Wildman–Crippen MR) is 106 cm³/mol. The Bertz CT molecular complexity index is 1290. The quantitative estimate of drug-likeness (QED) is 0.354. The average Bonchev–Trinajstić information content (AvgIpc) is 2.95. The Morgan fingerprint density at radius 2 is 1.46 bits per heavy atom. The van der Waals surface area contributed by atoms with E-state index in [1.54, 1.807) is 0 Å². The molecule has 0 spiro atoms. The van der Waals surface area contributed by atoms with E-state index in [-0.39, 0.29) is 28.7 Å². The van der Waals surface area contributed by atoms with E-state index in [1.165, 1.54) is 19.1 Å². The lowest BCUT2D eigenvalue weighted by atomic mass is 9.92. The van der Waals surface area contributed by atoms with Crippen molar-refractivity contribution in [3.8, 4) is 0 Å². The van der Waals surface area contributed by atoms with Crippen molar-refractivity contribution in [2.75, 3.05) is 6.54 Å². The zero-order valence-electron chi connectivity index (χ0n) is 17.5. The van der Waals surface area contributed by atoms with Crippen molar-refractivity contribution in [2.45, 2.75) is 29.7 Å². The molecular formula is C20H15F6N3O5S. The van der Waals surface area contributed by atoms with Crippen molar-refractivity contribution in [3.63, 3.8) is 0 Å². The topological polar surface area (TPSA) is 127 Å². The molecule has 3 rings (SSSR count). The standard InChI is InChI=1S/C20H15F6N3O5S/c1-18(11-2-4-14(5-3-11)35(27,33)34)16(31)29(17(32)28-18)9-15(30)10-6-12(19(21,22)23)8-13(7-10)20(24,25)26/h2-8H,9H2,1H3,(H,28,32)(H2,27,33,34). The predicted octanol–water partition coefficient (Wildman–Crippen LogP) is 3.02. The van der Waals surface area contributed by atoms with Crippen LogP contribution < -0.4 is 10.5 Å². The number of hydrogen-bond acceptors (Lipinski definition) is 5. The van der Waals surface area contributed by atoms with Gasteiger partial charge in [-0.1, -0.05) is 12.1 Å². The van der Waals surface area contributed by atoms with Gasteiger partial charge >= 0.3 is 18.4 Å². The van der Waals surface area contributed by atoms with Gasteiger partial charge in [0.05, 0.1) is 22.6 Å². The van der Waals surface area contributed by atoms with Gasteiger partial charge in [-0.3, -0.25) is 14.5 Å². The first-order valence-corrected chi connectivity index (χ1v) is 11.0. The SMILES string of the molecule is CC1(c2ccc(S(N)(=O)=O)cc2)NC(=O)N(CC(=O)c2cc(C(F)(F)F)cc(C(F)(F)F)c2)C1=O. The normalized spacial score (nSPS) is 19.1. The molecule has 0 saturated carbocycles. The van der Waals surface area contributed by atoms with Crippen LogP contribution in [0.2, 0.25) is 0 Å². The summed E-state index contributed by atoms with van der Waals surface area (Å²) in [6.45, 7) is 0.0732. The van der Waals surface area contributed by atoms with Crippen LogP contribution in [0, 0.1) is 0 Å². The third kappa shape index (κ3) is 5.14. The summed E-state index contributed by atoms with van der Waals surface area (Å²) in [6.07, 6.45) is -10.4. The van der Waals surface area contributed by atoms with Crippen LogP contribution in [-0.4, -0.2) is 37.6 Å². The van der Waals surface area contributed by atoms with Gasteiger partial charge in [0.25, 0.3) is 5.91 Å². The first kappa shape index (κ1) is 26.2. The number of imide groups is 1. The molecule has 2 aromatic carbocycles. The lowest BCUT2D eigenvalue weighted by molar-refractivity contribution is -0.143. The first-order valence-electron chi connectivity index (χ1n) is 9.44. The van der Waals surface area contributed by atoms with Crippen LogP contribution in [-0.2, 0) is 32.7 Å². The molecule has 3 amide bonds. The van der Waals surface area contributed by atoms with Crippen molar-refractivity contribution in [1.82, 2.24) is 10.2 Å². The van der Waals surface area contributed by atoms with Crippen LogP contribution in [0.4, 0.5) is 31.1 Å². The van der Waals surface area contributed by atoms with E-state index in [9.17, 15) is 49.1 Å². The van der Waals surface area contributed by atoms with Gasteiger partial charge < -0.3 is 5.32 Å². The zero-order valence-corrected chi connectivity index (χ0v) is 18.3. The van der Waals surface area contributed by atoms with E-state index in [2.05, 4.69) is 5.32 Å². The molecule has 2 aromatic rings. The monoisotopic (exact) mass is 523 g/mol. The Kier molecular flexibility index (Phi) is 6.23. The molecule has 8 nitrogen and oxygen atoms in total. The van der Waals surface area contributed by atoms with Crippen LogP contribution in [0.15, 0.2) is 47.4 Å². The molecule has 1 atom stereocenters. The molecule has 1 saturated heterocycles. The highest BCUT2D eigenvalue weighted by Crippen LogP contribution is 2.37. The van der Waals surface area contributed by atoms with E-state index in [0.29, 0.717) is 4.90 Å². The highest BCUT2D eigenvalue weighted by atomic mass is 32.2. The zero-order chi connectivity index (χ0) is 26.6. The summed E-state index contributed by atoms with van der Waals surface area (Å²) in [5.74, 6) is -2.39. The second-order valence-corrected chi connectivity index (χ2v) is 9.29. The summed E-state index contributed by atoms with van der Waals surface area (Å²) in [6, 6.07) is 3.56. The Morgan fingerprint density at radius 3 is 1.89 bits per heavy atom. The number of nitrogens with two attached hydrogens (primary N) is 1. The average molecular weight is 523 g/mol. The van der Waals surface area contributed by atoms with E-state index in [4.69, 9.17) is 5.14 Å². The molecule has 0 radical (unpaired) electrons. The molecule has 35 heavy (non-hydrogen) atoms. The van der Waals surface area contributed by atoms with E-state index >= 15 is 0 Å². The number of urea groups is 1. The number of amides is 3. The summed E-state index contributed by atoms with van der Waals surface area (Å²) in [5, 5.41) is 7.28. The second-order valence-electron chi connectivity index (χ2n) is 7.73. The molecule has 1 aliphatic rings. The fourth-order valence-electron chi connectivity index (χ4n) is 3.36. The van der Waals surface area contributed by atoms with Crippen molar-refractivity contribution in [1.29, 1.82) is 0 Å². The number of ketones is 1. The van der Waals surface area contributed by atoms with Crippen LogP contribution in [0.3, 0.4) is 0 Å². The summed E-state index contributed by atoms with van der Waals surface area (Å²) < 4.78 is 101. The van der Waals surface area contributed by atoms with Gasteiger partial charge in [-0.2, -0.15) is 26.3 Å². The molecule has 0 bridgehead atoms. The molecular weight excluding hydrogens is 508 g/mol. The summed E-state index contributed by atoms with van der Waals surface area (Å²) in [5.41, 5.74) is -6.19. The molecule has 1 aliphatic heterocycles. The number of nitrogens with zero attached hydrogens (tertiary/aromatic N) is 1. The Balaban J connectivity index is 1.92. The van der Waals surface area contributed by atoms with Gasteiger partial charge in [0, 0.05) is 5.56 Å². The Morgan fingerprint density at radius 1 is 0.971 bits per heavy atom. The Labute approximate surface area is 193 Å². The lowest BCUT2D eigenvalue weighted by Gasteiger charge is -2.22. The number of benzene rings is 2. The molecule has 0 aliphatic carbocycles. The van der Waals surface area contributed by atoms with Gasteiger partial charge in [0.2, 0.25) is 10.0 Å². The van der Waals surface area contributed by atoms with E-state index in [0.717, 1.165) is 12.1 Å². The number of sulfonamides is 1. The number of nitrogens with one attached hydrogen (secondary N) is 1. The third-order valence-electron chi connectivity index (χ3n) is 5.25. The van der Waals surface area contributed by atoms with Crippen molar-refractivity contribution >= 4 is 27.7 Å². The van der Waals surface area contributed by atoms with Gasteiger partial charge in [0.15, 0.2) is 5.78 Å². The lowest BCUT2D eigenvalue weighted by Crippen LogP contribution is -2.41. The van der Waals surface area contributed by atoms with Gasteiger partial charge in [-0.05, 0) is 42.8 Å². The minimum absolute atomic E-state index is 0.0802. The number of primary sulfonamides is 1. The van der Waals surface area contributed by atoms with Crippen molar-refractivity contribution in [3.05, 3.63) is 64.7 Å². The largest absolute Gasteiger partial charge is 0.416 e. The van der Waals surface area contributed by atoms with Crippen LogP contribution in [0.1, 0.15) is 34.0 Å². The minimum Gasteiger partial charge on any atom is -0.319 e. The maximum atomic E-state index is 13.1. The number of carbonyl (C=O) groups is 3. The molecule has 0 aromatic heterocycles. The molecule has 188 valence electrons. The second kappa shape index (κ2) is 8.34. The fourth-order valence-corrected chi connectivity index (χ4v) is 3.88. The van der Waals surface area contributed by atoms with Gasteiger partial charge in [0.1, 0.15) is 5.54 Å². The smallest absolute Gasteiger partial charge is 0.319 e. The number of hydrogen-bond donors (Lipinski definition) is 2. The molecule has 1 unspecified atom stereocenters. The third-order valence-corrected chi connectivity index (χ3v) is 6.18. The number of Topliss-reactive ketones (excluding diaryl/α,β-unsaturated/α-hetero) is 1. The highest BCUT2D eigenvalue weighted by Gasteiger charge is 2.49. The van der Waals surface area contributed by atoms with E-state index in [1.807, 2.05) is 0 Å². The van der Waals surface area contributed by atoms with Crippen LogP contribution in [0.5, 0.6) is 0 Å². The first-order chi connectivity index (χ1) is 15.8. The van der Waals surface area contributed by atoms with Crippen molar-refractivity contribution in [2.24, 2.45) is 5.14 Å². The summed E-state index contributed by atoms with van der Waals surface area (Å²) in [4.78, 5) is 37.9. The Hall–Kier alpha value is -3.46. The van der Waals surface area contributed by atoms with Crippen molar-refractivity contribution < 1.29 is 49.1 Å². The van der Waals surface area contributed by atoms with Crippen LogP contribution >= 0.6 is 0 Å². The van der Waals surface area contributed by atoms with Gasteiger partial charge in [-0.25, -0.2) is 18.4 Å². The number of halogens is 6. The minimum atomic E-state index is -5.20.